The van der Waals surface area contributed by atoms with Crippen LogP contribution in [0.4, 0.5) is 11.4 Å². The molecule has 0 saturated heterocycles. The number of fused-ring (bicyclic) bond motifs is 1. The number of carbonyl (C=O) groups is 1. The molecule has 0 radical (unpaired) electrons. The van der Waals surface area contributed by atoms with Crippen LogP contribution in [0.2, 0.25) is 0 Å². The van der Waals surface area contributed by atoms with Gasteiger partial charge < -0.3 is 0 Å². The molecule has 1 N–H and O–H groups in total. The van der Waals surface area contributed by atoms with Crippen LogP contribution in [0.15, 0.2) is 48.5 Å². The standard InChI is InChI=1S/C17H18N2O3S/c1-13(20)14-8-10-16(11-9-14)18-23(21,22)19-12-4-6-15-5-2-3-7-17(15)19/h2-3,5,7-11,18H,4,6,12H2,1H3. The Balaban J connectivity index is 1.86. The number of ketones is 1. The lowest BCUT2D eigenvalue weighted by molar-refractivity contribution is 0.101. The summed E-state index contributed by atoms with van der Waals surface area (Å²) in [4.78, 5) is 11.3. The van der Waals surface area contributed by atoms with Gasteiger partial charge in [0.15, 0.2) is 5.78 Å². The number of nitrogens with zero attached hydrogens (tertiary/aromatic N) is 1. The first kappa shape index (κ1) is 15.6. The molecule has 0 bridgehead atoms. The number of hydrogen-bond acceptors (Lipinski definition) is 3. The second kappa shape index (κ2) is 6.04. The van der Waals surface area contributed by atoms with Gasteiger partial charge in [-0.1, -0.05) is 18.2 Å². The zero-order chi connectivity index (χ0) is 16.4. The minimum Gasteiger partial charge on any atom is -0.295 e. The van der Waals surface area contributed by atoms with Gasteiger partial charge in [0.25, 0.3) is 0 Å². The van der Waals surface area contributed by atoms with Gasteiger partial charge in [0, 0.05) is 12.1 Å². The Morgan fingerprint density at radius 3 is 2.48 bits per heavy atom. The first-order valence-electron chi connectivity index (χ1n) is 7.47. The Kier molecular flexibility index (Phi) is 4.09. The number of para-hydroxylation sites is 1. The maximum Gasteiger partial charge on any atom is 0.323 e. The van der Waals surface area contributed by atoms with Crippen LogP contribution in [0.3, 0.4) is 0 Å². The normalized spacial score (nSPS) is 14.2. The third-order valence-corrected chi connectivity index (χ3v) is 5.35. The molecule has 23 heavy (non-hydrogen) atoms. The molecule has 0 atom stereocenters. The summed E-state index contributed by atoms with van der Waals surface area (Å²) >= 11 is 0. The lowest BCUT2D eigenvalue weighted by Crippen LogP contribution is -2.39. The summed E-state index contributed by atoms with van der Waals surface area (Å²) in [6, 6.07) is 14.0. The summed E-state index contributed by atoms with van der Waals surface area (Å²) in [6.07, 6.45) is 1.68. The predicted molar refractivity (Wildman–Crippen MR) is 91.1 cm³/mol. The molecule has 0 spiro atoms. The van der Waals surface area contributed by atoms with E-state index in [1.54, 1.807) is 24.3 Å². The van der Waals surface area contributed by atoms with Crippen LogP contribution in [0.5, 0.6) is 0 Å². The molecule has 0 amide bonds. The highest BCUT2D eigenvalue weighted by molar-refractivity contribution is 7.94. The Morgan fingerprint density at radius 2 is 1.78 bits per heavy atom. The number of rotatable bonds is 4. The van der Waals surface area contributed by atoms with Crippen molar-refractivity contribution in [3.8, 4) is 0 Å². The second-order valence-corrected chi connectivity index (χ2v) is 7.14. The molecule has 1 aliphatic heterocycles. The highest BCUT2D eigenvalue weighted by atomic mass is 32.2. The Morgan fingerprint density at radius 1 is 1.09 bits per heavy atom. The topological polar surface area (TPSA) is 66.5 Å². The highest BCUT2D eigenvalue weighted by Crippen LogP contribution is 2.29. The SMILES string of the molecule is CC(=O)c1ccc(NS(=O)(=O)N2CCCc3ccccc32)cc1. The summed E-state index contributed by atoms with van der Waals surface area (Å²) in [5.41, 5.74) is 2.76. The van der Waals surface area contributed by atoms with E-state index in [2.05, 4.69) is 4.72 Å². The fraction of sp³-hybridized carbons (Fsp3) is 0.235. The predicted octanol–water partition coefficient (Wildman–Crippen LogP) is 3.00. The fourth-order valence-corrected chi connectivity index (χ4v) is 4.08. The van der Waals surface area contributed by atoms with Gasteiger partial charge in [-0.2, -0.15) is 8.42 Å². The summed E-state index contributed by atoms with van der Waals surface area (Å²) in [7, 11) is -3.68. The average molecular weight is 330 g/mol. The quantitative estimate of drug-likeness (QED) is 0.876. The maximum atomic E-state index is 12.7. The van der Waals surface area contributed by atoms with Crippen molar-refractivity contribution >= 4 is 27.4 Å². The number of nitrogens with one attached hydrogen (secondary N) is 1. The number of Topliss-reactive ketones (excluding diaryl/α,β-unsaturated/α-hetero) is 1. The van der Waals surface area contributed by atoms with E-state index in [1.165, 1.54) is 11.2 Å². The van der Waals surface area contributed by atoms with Crippen LogP contribution in [-0.4, -0.2) is 20.7 Å². The van der Waals surface area contributed by atoms with Crippen LogP contribution in [0.25, 0.3) is 0 Å². The molecule has 1 heterocycles. The van der Waals surface area contributed by atoms with Gasteiger partial charge in [-0.25, -0.2) is 0 Å². The number of aryl methyl sites for hydroxylation is 1. The zero-order valence-corrected chi connectivity index (χ0v) is 13.6. The van der Waals surface area contributed by atoms with Crippen LogP contribution in [-0.2, 0) is 16.6 Å². The fourth-order valence-electron chi connectivity index (χ4n) is 2.73. The van der Waals surface area contributed by atoms with Crippen molar-refractivity contribution in [3.05, 3.63) is 59.7 Å². The third kappa shape index (κ3) is 3.22. The summed E-state index contributed by atoms with van der Waals surface area (Å²) in [5, 5.41) is 0. The first-order chi connectivity index (χ1) is 11.0. The molecule has 0 unspecified atom stereocenters. The molecule has 0 aromatic heterocycles. The number of hydrogen-bond donors (Lipinski definition) is 1. The first-order valence-corrected chi connectivity index (χ1v) is 8.91. The van der Waals surface area contributed by atoms with Crippen molar-refractivity contribution in [3.63, 3.8) is 0 Å². The van der Waals surface area contributed by atoms with E-state index in [-0.39, 0.29) is 5.78 Å². The van der Waals surface area contributed by atoms with Gasteiger partial charge in [0.05, 0.1) is 11.4 Å². The molecule has 2 aromatic carbocycles. The Bertz CT molecular complexity index is 829. The smallest absolute Gasteiger partial charge is 0.295 e. The summed E-state index contributed by atoms with van der Waals surface area (Å²) in [6.45, 7) is 1.93. The number of anilines is 2. The molecule has 5 nitrogen and oxygen atoms in total. The van der Waals surface area contributed by atoms with Gasteiger partial charge in [-0.3, -0.25) is 13.8 Å². The van der Waals surface area contributed by atoms with Gasteiger partial charge in [0.2, 0.25) is 0 Å². The number of carbonyl (C=O) groups excluding carboxylic acids is 1. The van der Waals surface area contributed by atoms with Crippen LogP contribution in [0, 0.1) is 0 Å². The van der Waals surface area contributed by atoms with Gasteiger partial charge in [-0.05, 0) is 55.7 Å². The van der Waals surface area contributed by atoms with E-state index in [9.17, 15) is 13.2 Å². The molecule has 0 aliphatic carbocycles. The Hall–Kier alpha value is -2.34. The van der Waals surface area contributed by atoms with E-state index in [4.69, 9.17) is 0 Å². The van der Waals surface area contributed by atoms with Crippen molar-refractivity contribution in [2.75, 3.05) is 15.6 Å². The zero-order valence-electron chi connectivity index (χ0n) is 12.8. The third-order valence-electron chi connectivity index (χ3n) is 3.90. The summed E-state index contributed by atoms with van der Waals surface area (Å²) < 4.78 is 29.4. The average Bonchev–Trinajstić information content (AvgIpc) is 2.54. The van der Waals surface area contributed by atoms with E-state index >= 15 is 0 Å². The second-order valence-electron chi connectivity index (χ2n) is 5.55. The monoisotopic (exact) mass is 330 g/mol. The lowest BCUT2D eigenvalue weighted by atomic mass is 10.0. The van der Waals surface area contributed by atoms with Crippen LogP contribution in [0.1, 0.15) is 29.3 Å². The lowest BCUT2D eigenvalue weighted by Gasteiger charge is -2.30. The van der Waals surface area contributed by atoms with Crippen molar-refractivity contribution < 1.29 is 13.2 Å². The number of benzene rings is 2. The Labute approximate surface area is 136 Å². The maximum absolute atomic E-state index is 12.7. The van der Waals surface area contributed by atoms with Crippen molar-refractivity contribution in [1.82, 2.24) is 0 Å². The molecule has 3 rings (SSSR count). The van der Waals surface area contributed by atoms with E-state index in [0.29, 0.717) is 17.8 Å². The van der Waals surface area contributed by atoms with Crippen LogP contribution >= 0.6 is 0 Å². The summed E-state index contributed by atoms with van der Waals surface area (Å²) in [5.74, 6) is -0.0515. The molecule has 2 aromatic rings. The van der Waals surface area contributed by atoms with Crippen molar-refractivity contribution in [1.29, 1.82) is 0 Å². The molecule has 0 saturated carbocycles. The largest absolute Gasteiger partial charge is 0.323 e. The van der Waals surface area contributed by atoms with Crippen molar-refractivity contribution in [2.45, 2.75) is 19.8 Å². The van der Waals surface area contributed by atoms with E-state index in [1.807, 2.05) is 24.3 Å². The molecular weight excluding hydrogens is 312 g/mol. The molecule has 0 fully saturated rings. The highest BCUT2D eigenvalue weighted by Gasteiger charge is 2.27. The minimum absolute atomic E-state index is 0.0515. The van der Waals surface area contributed by atoms with Gasteiger partial charge >= 0.3 is 10.2 Å². The van der Waals surface area contributed by atoms with E-state index in [0.717, 1.165) is 24.1 Å². The van der Waals surface area contributed by atoms with Gasteiger partial charge in [-0.15, -0.1) is 0 Å². The van der Waals surface area contributed by atoms with E-state index < -0.39 is 10.2 Å². The molecular formula is C17H18N2O3S. The van der Waals surface area contributed by atoms with Gasteiger partial charge in [0.1, 0.15) is 0 Å². The molecule has 120 valence electrons. The minimum atomic E-state index is -3.68. The molecule has 6 heteroatoms. The van der Waals surface area contributed by atoms with Crippen LogP contribution < -0.4 is 9.03 Å². The molecule has 1 aliphatic rings. The van der Waals surface area contributed by atoms with Crippen molar-refractivity contribution in [2.24, 2.45) is 0 Å².